The van der Waals surface area contributed by atoms with Crippen LogP contribution in [0.25, 0.3) is 0 Å². The van der Waals surface area contributed by atoms with Crippen LogP contribution in [0.15, 0.2) is 55.4 Å². The van der Waals surface area contributed by atoms with Crippen molar-refractivity contribution in [1.82, 2.24) is 25.4 Å². The highest BCUT2D eigenvalue weighted by Crippen LogP contribution is 2.35. The average molecular weight is 671 g/mol. The average Bonchev–Trinajstić information content (AvgIpc) is 3.09. The highest BCUT2D eigenvalue weighted by atomic mass is 19.3. The second-order valence-corrected chi connectivity index (χ2v) is 12.6. The Morgan fingerprint density at radius 3 is 2.38 bits per heavy atom. The van der Waals surface area contributed by atoms with Gasteiger partial charge < -0.3 is 25.8 Å². The van der Waals surface area contributed by atoms with E-state index in [0.29, 0.717) is 44.6 Å². The smallest absolute Gasteiger partial charge is 0.344 e. The lowest BCUT2D eigenvalue weighted by atomic mass is 9.76. The minimum Gasteiger partial charge on any atom is -0.344 e. The van der Waals surface area contributed by atoms with E-state index in [4.69, 9.17) is 0 Å². The third kappa shape index (κ3) is 9.21. The number of carbonyl (C=O) groups is 4. The number of amides is 4. The van der Waals surface area contributed by atoms with Gasteiger partial charge in [-0.15, -0.1) is 6.58 Å². The lowest BCUT2D eigenvalue weighted by molar-refractivity contribution is -0.148. The number of halogens is 3. The number of nitrogens with one attached hydrogen (secondary N) is 3. The molecule has 1 unspecified atom stereocenters. The SMILES string of the molecule is C=CC(NC(=O)C(F)(F)c1cccnc1)[C@@H](C(=O)Nc1ccc(C[C@@H](NC(=O)CC)C(=O)N2CCN(C)CC2)cc1F)C1CCCCC1. The molecular weight excluding hydrogens is 625 g/mol. The summed E-state index contributed by atoms with van der Waals surface area (Å²) in [7, 11) is 1.97. The highest BCUT2D eigenvalue weighted by molar-refractivity contribution is 5.94. The lowest BCUT2D eigenvalue weighted by Gasteiger charge is -2.35. The first-order valence-corrected chi connectivity index (χ1v) is 16.5. The van der Waals surface area contributed by atoms with Crippen LogP contribution in [-0.4, -0.2) is 83.7 Å². The van der Waals surface area contributed by atoms with Crippen LogP contribution >= 0.6 is 0 Å². The molecule has 2 fully saturated rings. The predicted molar refractivity (Wildman–Crippen MR) is 175 cm³/mol. The molecule has 4 rings (SSSR count). The van der Waals surface area contributed by atoms with E-state index in [-0.39, 0.29) is 36.3 Å². The first-order valence-electron chi connectivity index (χ1n) is 16.5. The molecule has 48 heavy (non-hydrogen) atoms. The zero-order valence-corrected chi connectivity index (χ0v) is 27.5. The lowest BCUT2D eigenvalue weighted by Crippen LogP contribution is -2.54. The Hall–Kier alpha value is -4.26. The summed E-state index contributed by atoms with van der Waals surface area (Å²) in [5.41, 5.74) is -0.293. The van der Waals surface area contributed by atoms with Gasteiger partial charge in [0.1, 0.15) is 11.9 Å². The van der Waals surface area contributed by atoms with Gasteiger partial charge in [0.05, 0.1) is 17.6 Å². The van der Waals surface area contributed by atoms with Gasteiger partial charge in [0.25, 0.3) is 5.91 Å². The third-order valence-electron chi connectivity index (χ3n) is 9.21. The van der Waals surface area contributed by atoms with E-state index in [0.717, 1.165) is 31.5 Å². The van der Waals surface area contributed by atoms with Gasteiger partial charge in [-0.05, 0) is 55.6 Å². The molecule has 0 spiro atoms. The minimum absolute atomic E-state index is 0.0441. The van der Waals surface area contributed by atoms with Crippen molar-refractivity contribution in [2.45, 2.75) is 69.9 Å². The maximum atomic E-state index is 15.5. The topological polar surface area (TPSA) is 124 Å². The van der Waals surface area contributed by atoms with Crippen LogP contribution in [0.3, 0.4) is 0 Å². The molecule has 1 saturated carbocycles. The first-order chi connectivity index (χ1) is 22.9. The van der Waals surface area contributed by atoms with Crippen LogP contribution in [0.1, 0.15) is 56.6 Å². The van der Waals surface area contributed by atoms with E-state index in [2.05, 4.69) is 32.4 Å². The van der Waals surface area contributed by atoms with Gasteiger partial charge in [-0.25, -0.2) is 4.39 Å². The standard InChI is InChI=1S/C35H45F3N6O4/c1-4-27(42-34(48)35(37,38)25-12-9-15-39-22-25)31(24-10-7-6-8-11-24)32(46)41-28-14-13-23(20-26(28)36)21-29(40-30(45)5-2)33(47)44-18-16-43(3)17-19-44/h4,9,12-15,20,22,24,27,29,31H,1,5-8,10-11,16-19,21H2,2-3H3,(H,40,45)(H,41,46)(H,42,48)/t27?,29-,31+/m1/s1. The van der Waals surface area contributed by atoms with Crippen molar-refractivity contribution in [2.75, 3.05) is 38.5 Å². The van der Waals surface area contributed by atoms with Crippen molar-refractivity contribution >= 4 is 29.3 Å². The molecule has 2 heterocycles. The van der Waals surface area contributed by atoms with Gasteiger partial charge in [-0.1, -0.05) is 38.3 Å². The van der Waals surface area contributed by atoms with Crippen molar-refractivity contribution in [1.29, 1.82) is 0 Å². The van der Waals surface area contributed by atoms with E-state index in [1.807, 2.05) is 7.05 Å². The molecule has 2 aromatic rings. The fourth-order valence-electron chi connectivity index (χ4n) is 6.36. The summed E-state index contributed by atoms with van der Waals surface area (Å²) < 4.78 is 45.6. The van der Waals surface area contributed by atoms with E-state index >= 15 is 13.2 Å². The van der Waals surface area contributed by atoms with Crippen LogP contribution in [0.5, 0.6) is 0 Å². The van der Waals surface area contributed by atoms with Gasteiger partial charge in [-0.3, -0.25) is 24.2 Å². The van der Waals surface area contributed by atoms with E-state index in [1.54, 1.807) is 17.9 Å². The highest BCUT2D eigenvalue weighted by Gasteiger charge is 2.44. The van der Waals surface area contributed by atoms with Crippen LogP contribution in [0.4, 0.5) is 18.9 Å². The second kappa shape index (κ2) is 16.7. The molecule has 3 N–H and O–H groups in total. The maximum absolute atomic E-state index is 15.5. The number of pyridine rings is 1. The monoisotopic (exact) mass is 670 g/mol. The number of alkyl halides is 2. The van der Waals surface area contributed by atoms with Crippen molar-refractivity contribution < 1.29 is 32.3 Å². The van der Waals surface area contributed by atoms with Crippen LogP contribution in [0.2, 0.25) is 0 Å². The summed E-state index contributed by atoms with van der Waals surface area (Å²) in [6.45, 7) is 7.84. The van der Waals surface area contributed by atoms with E-state index in [9.17, 15) is 19.2 Å². The van der Waals surface area contributed by atoms with E-state index in [1.165, 1.54) is 30.5 Å². The molecule has 260 valence electrons. The van der Waals surface area contributed by atoms with Crippen LogP contribution in [0, 0.1) is 17.7 Å². The summed E-state index contributed by atoms with van der Waals surface area (Å²) in [5.74, 6) is -8.72. The summed E-state index contributed by atoms with van der Waals surface area (Å²) in [4.78, 5) is 59.7. The third-order valence-corrected chi connectivity index (χ3v) is 9.21. The zero-order chi connectivity index (χ0) is 34.8. The Bertz CT molecular complexity index is 1450. The molecule has 0 bridgehead atoms. The molecule has 2 aliphatic rings. The summed E-state index contributed by atoms with van der Waals surface area (Å²) in [5, 5.41) is 7.68. The molecular formula is C35H45F3N6O4. The molecule has 0 radical (unpaired) electrons. The molecule has 4 amide bonds. The second-order valence-electron chi connectivity index (χ2n) is 12.6. The van der Waals surface area contributed by atoms with Gasteiger partial charge in [0, 0.05) is 57.0 Å². The number of anilines is 1. The Morgan fingerprint density at radius 1 is 1.06 bits per heavy atom. The van der Waals surface area contributed by atoms with Gasteiger partial charge in [0.2, 0.25) is 17.7 Å². The number of hydrogen-bond donors (Lipinski definition) is 3. The first kappa shape index (κ1) is 36.6. The Labute approximate surface area is 279 Å². The molecule has 1 aliphatic heterocycles. The van der Waals surface area contributed by atoms with E-state index < -0.39 is 47.1 Å². The molecule has 10 nitrogen and oxygen atoms in total. The molecule has 1 aliphatic carbocycles. The van der Waals surface area contributed by atoms with Gasteiger partial charge in [0.15, 0.2) is 0 Å². The largest absolute Gasteiger partial charge is 0.351 e. The zero-order valence-electron chi connectivity index (χ0n) is 27.5. The quantitative estimate of drug-likeness (QED) is 0.277. The van der Waals surface area contributed by atoms with Crippen LogP contribution < -0.4 is 16.0 Å². The maximum Gasteiger partial charge on any atom is 0.351 e. The van der Waals surface area contributed by atoms with Gasteiger partial charge in [-0.2, -0.15) is 8.78 Å². The minimum atomic E-state index is -3.91. The normalized spacial score (nSPS) is 17.9. The number of piperazine rings is 1. The van der Waals surface area contributed by atoms with Crippen LogP contribution in [-0.2, 0) is 31.5 Å². The Balaban J connectivity index is 1.51. The number of nitrogens with zero attached hydrogens (tertiary/aromatic N) is 3. The number of hydrogen-bond acceptors (Lipinski definition) is 6. The summed E-state index contributed by atoms with van der Waals surface area (Å²) in [6.07, 6.45) is 7.57. The fraction of sp³-hybridized carbons (Fsp3) is 0.514. The molecule has 1 aromatic carbocycles. The van der Waals surface area contributed by atoms with Crippen molar-refractivity contribution in [3.8, 4) is 0 Å². The molecule has 1 aromatic heterocycles. The molecule has 1 saturated heterocycles. The number of benzene rings is 1. The number of carbonyl (C=O) groups excluding carboxylic acids is 4. The van der Waals surface area contributed by atoms with Crippen molar-refractivity contribution in [2.24, 2.45) is 11.8 Å². The Morgan fingerprint density at radius 2 is 1.77 bits per heavy atom. The van der Waals surface area contributed by atoms with Crippen molar-refractivity contribution in [3.63, 3.8) is 0 Å². The molecule has 13 heteroatoms. The number of rotatable bonds is 13. The number of likely N-dealkylation sites (N-methyl/N-ethyl adjacent to an activating group) is 1. The summed E-state index contributed by atoms with van der Waals surface area (Å²) >= 11 is 0. The predicted octanol–water partition coefficient (Wildman–Crippen LogP) is 4.03. The van der Waals surface area contributed by atoms with Crippen molar-refractivity contribution in [3.05, 3.63) is 72.3 Å². The molecule has 3 atom stereocenters. The fourth-order valence-corrected chi connectivity index (χ4v) is 6.36. The number of aromatic nitrogens is 1. The Kier molecular flexibility index (Phi) is 12.7. The summed E-state index contributed by atoms with van der Waals surface area (Å²) in [6, 6.07) is 4.48. The van der Waals surface area contributed by atoms with Gasteiger partial charge >= 0.3 is 5.92 Å².